The molecule has 0 aromatic heterocycles. The molecule has 4 heteroatoms. The van der Waals surface area contributed by atoms with Crippen LogP contribution < -0.4 is 0 Å². The van der Waals surface area contributed by atoms with Crippen molar-refractivity contribution in [3.05, 3.63) is 71.8 Å². The Kier molecular flexibility index (Phi) is 7.59. The smallest absolute Gasteiger partial charge is 0.338 e. The van der Waals surface area contributed by atoms with Crippen molar-refractivity contribution in [3.8, 4) is 0 Å². The molecule has 2 aromatic rings. The summed E-state index contributed by atoms with van der Waals surface area (Å²) in [6, 6.07) is 17.8. The van der Waals surface area contributed by atoms with Gasteiger partial charge in [-0.25, -0.2) is 9.59 Å². The average molecular weight is 368 g/mol. The first-order chi connectivity index (χ1) is 13.1. The lowest BCUT2D eigenvalue weighted by molar-refractivity contribution is -0.104. The van der Waals surface area contributed by atoms with Gasteiger partial charge in [-0.05, 0) is 43.5 Å². The van der Waals surface area contributed by atoms with Crippen LogP contribution in [0, 0.1) is 0 Å². The van der Waals surface area contributed by atoms with Gasteiger partial charge in [0, 0.05) is 0 Å². The molecule has 2 aromatic carbocycles. The van der Waals surface area contributed by atoms with Gasteiger partial charge in [-0.2, -0.15) is 0 Å². The molecule has 0 bridgehead atoms. The van der Waals surface area contributed by atoms with E-state index in [1.807, 2.05) is 32.9 Å². The predicted molar refractivity (Wildman–Crippen MR) is 106 cm³/mol. The number of rotatable bonds is 9. The van der Waals surface area contributed by atoms with Gasteiger partial charge in [-0.15, -0.1) is 0 Å². The molecular weight excluding hydrogens is 340 g/mol. The van der Waals surface area contributed by atoms with Crippen LogP contribution in [0.1, 0.15) is 67.2 Å². The Hall–Kier alpha value is -2.62. The fraction of sp³-hybridized carbons (Fsp3) is 0.391. The molecule has 0 heterocycles. The first kappa shape index (κ1) is 20.7. The Morgan fingerprint density at radius 2 is 1.30 bits per heavy atom. The summed E-state index contributed by atoms with van der Waals surface area (Å²) in [5.41, 5.74) is 0.135. The molecule has 0 amide bonds. The highest BCUT2D eigenvalue weighted by atomic mass is 16.6. The molecule has 27 heavy (non-hydrogen) atoms. The fourth-order valence-corrected chi connectivity index (χ4v) is 3.20. The summed E-state index contributed by atoms with van der Waals surface area (Å²) >= 11 is 0. The lowest BCUT2D eigenvalue weighted by atomic mass is 9.87. The third kappa shape index (κ3) is 5.19. The van der Waals surface area contributed by atoms with E-state index in [1.165, 1.54) is 0 Å². The van der Waals surface area contributed by atoms with E-state index in [4.69, 9.17) is 9.47 Å². The van der Waals surface area contributed by atoms with Gasteiger partial charge in [0.25, 0.3) is 0 Å². The number of carbonyl (C=O) groups is 2. The molecule has 0 spiro atoms. The van der Waals surface area contributed by atoms with Crippen molar-refractivity contribution in [1.29, 1.82) is 0 Å². The molecule has 0 fully saturated rings. The first-order valence-corrected chi connectivity index (χ1v) is 9.60. The summed E-state index contributed by atoms with van der Waals surface area (Å²) in [6.07, 6.45) is 2.07. The molecule has 0 aliphatic rings. The fourth-order valence-electron chi connectivity index (χ4n) is 3.20. The second kappa shape index (κ2) is 9.91. The van der Waals surface area contributed by atoms with Crippen LogP contribution >= 0.6 is 0 Å². The van der Waals surface area contributed by atoms with Crippen LogP contribution in [0.4, 0.5) is 0 Å². The molecular formula is C23H28O4. The minimum atomic E-state index is -0.854. The average Bonchev–Trinajstić information content (AvgIpc) is 2.73. The molecule has 0 N–H and O–H groups in total. The number of ether oxygens (including phenoxy) is 2. The van der Waals surface area contributed by atoms with Gasteiger partial charge >= 0.3 is 11.9 Å². The van der Waals surface area contributed by atoms with E-state index in [0.717, 1.165) is 6.42 Å². The van der Waals surface area contributed by atoms with E-state index in [-0.39, 0.29) is 0 Å². The maximum Gasteiger partial charge on any atom is 0.338 e. The maximum absolute atomic E-state index is 12.7. The van der Waals surface area contributed by atoms with Crippen LogP contribution in [-0.4, -0.2) is 23.6 Å². The molecule has 0 aliphatic heterocycles. The first-order valence-electron chi connectivity index (χ1n) is 9.60. The molecule has 144 valence electrons. The van der Waals surface area contributed by atoms with Crippen molar-refractivity contribution in [3.63, 3.8) is 0 Å². The SMILES string of the molecule is CCCC(OC(=O)c1ccccc1)C(CC)(CC)OC(=O)c1ccccc1. The summed E-state index contributed by atoms with van der Waals surface area (Å²) in [5.74, 6) is -0.785. The topological polar surface area (TPSA) is 52.6 Å². The van der Waals surface area contributed by atoms with Crippen LogP contribution in [0.5, 0.6) is 0 Å². The van der Waals surface area contributed by atoms with Gasteiger partial charge < -0.3 is 9.47 Å². The highest BCUT2D eigenvalue weighted by Gasteiger charge is 2.42. The molecule has 1 atom stereocenters. The molecule has 1 unspecified atom stereocenters. The van der Waals surface area contributed by atoms with Crippen molar-refractivity contribution in [2.24, 2.45) is 0 Å². The van der Waals surface area contributed by atoms with Crippen LogP contribution in [0.25, 0.3) is 0 Å². The Labute approximate surface area is 161 Å². The van der Waals surface area contributed by atoms with Crippen LogP contribution in [0.2, 0.25) is 0 Å². The van der Waals surface area contributed by atoms with Gasteiger partial charge in [-0.3, -0.25) is 0 Å². The van der Waals surface area contributed by atoms with Gasteiger partial charge in [0.05, 0.1) is 11.1 Å². The second-order valence-corrected chi connectivity index (χ2v) is 6.58. The minimum Gasteiger partial charge on any atom is -0.455 e. The second-order valence-electron chi connectivity index (χ2n) is 6.58. The van der Waals surface area contributed by atoms with Gasteiger partial charge in [0.2, 0.25) is 0 Å². The third-order valence-corrected chi connectivity index (χ3v) is 4.90. The standard InChI is InChI=1S/C23H28O4/c1-4-13-20(26-21(24)18-14-9-7-10-15-18)23(5-2,6-3)27-22(25)19-16-11-8-12-17-19/h7-12,14-17,20H,4-6,13H2,1-3H3. The van der Waals surface area contributed by atoms with E-state index in [0.29, 0.717) is 30.4 Å². The van der Waals surface area contributed by atoms with Crippen molar-refractivity contribution >= 4 is 11.9 Å². The molecule has 0 radical (unpaired) electrons. The molecule has 4 nitrogen and oxygen atoms in total. The van der Waals surface area contributed by atoms with Crippen molar-refractivity contribution in [2.45, 2.75) is 58.2 Å². The largest absolute Gasteiger partial charge is 0.455 e. The third-order valence-electron chi connectivity index (χ3n) is 4.90. The zero-order valence-electron chi connectivity index (χ0n) is 16.3. The maximum atomic E-state index is 12.7. The normalized spacial score (nSPS) is 12.3. The number of carbonyl (C=O) groups excluding carboxylic acids is 2. The number of hydrogen-bond donors (Lipinski definition) is 0. The lowest BCUT2D eigenvalue weighted by Gasteiger charge is -2.38. The summed E-state index contributed by atoms with van der Waals surface area (Å²) in [5, 5.41) is 0. The summed E-state index contributed by atoms with van der Waals surface area (Å²) in [4.78, 5) is 25.3. The summed E-state index contributed by atoms with van der Waals surface area (Å²) < 4.78 is 11.8. The van der Waals surface area contributed by atoms with Crippen LogP contribution in [0.3, 0.4) is 0 Å². The zero-order chi connectivity index (χ0) is 19.7. The quantitative estimate of drug-likeness (QED) is 0.554. The minimum absolute atomic E-state index is 0.392. The number of esters is 2. The van der Waals surface area contributed by atoms with Gasteiger partial charge in [0.15, 0.2) is 0 Å². The Morgan fingerprint density at radius 1 is 0.815 bits per heavy atom. The molecule has 0 aliphatic carbocycles. The number of benzene rings is 2. The van der Waals surface area contributed by atoms with Crippen molar-refractivity contribution in [2.75, 3.05) is 0 Å². The van der Waals surface area contributed by atoms with Gasteiger partial charge in [0.1, 0.15) is 11.7 Å². The van der Waals surface area contributed by atoms with E-state index >= 15 is 0 Å². The van der Waals surface area contributed by atoms with E-state index in [9.17, 15) is 9.59 Å². The monoisotopic (exact) mass is 368 g/mol. The predicted octanol–water partition coefficient (Wildman–Crippen LogP) is 5.43. The van der Waals surface area contributed by atoms with Crippen LogP contribution in [-0.2, 0) is 9.47 Å². The molecule has 0 saturated carbocycles. The van der Waals surface area contributed by atoms with Crippen molar-refractivity contribution < 1.29 is 19.1 Å². The molecule has 0 saturated heterocycles. The summed E-state index contributed by atoms with van der Waals surface area (Å²) in [6.45, 7) is 5.94. The van der Waals surface area contributed by atoms with Crippen molar-refractivity contribution in [1.82, 2.24) is 0 Å². The molecule has 2 rings (SSSR count). The number of hydrogen-bond acceptors (Lipinski definition) is 4. The van der Waals surface area contributed by atoms with E-state index in [1.54, 1.807) is 48.5 Å². The highest BCUT2D eigenvalue weighted by Crippen LogP contribution is 2.32. The van der Waals surface area contributed by atoms with Gasteiger partial charge in [-0.1, -0.05) is 63.6 Å². The highest BCUT2D eigenvalue weighted by molar-refractivity contribution is 5.90. The Morgan fingerprint density at radius 3 is 1.74 bits per heavy atom. The Bertz CT molecular complexity index is 721. The van der Waals surface area contributed by atoms with Crippen LogP contribution in [0.15, 0.2) is 60.7 Å². The van der Waals surface area contributed by atoms with E-state index < -0.39 is 23.6 Å². The Balaban J connectivity index is 2.25. The van der Waals surface area contributed by atoms with E-state index in [2.05, 4.69) is 0 Å². The zero-order valence-corrected chi connectivity index (χ0v) is 16.3. The summed E-state index contributed by atoms with van der Waals surface area (Å²) in [7, 11) is 0. The lowest BCUT2D eigenvalue weighted by Crippen LogP contribution is -2.48.